The first-order chi connectivity index (χ1) is 15.7. The SMILES string of the molecule is CCCC[C@@H](CC)CNCC1CCCCC1CNC[C@H]1CCCC(CC(CC)CCC)C1. The molecule has 2 aliphatic rings. The number of nitrogens with one attached hydrogen (secondary N) is 2. The van der Waals surface area contributed by atoms with E-state index in [1.165, 1.54) is 129 Å². The summed E-state index contributed by atoms with van der Waals surface area (Å²) in [7, 11) is 0. The molecule has 0 aliphatic heterocycles. The fourth-order valence-corrected chi connectivity index (χ4v) is 6.88. The molecule has 2 fully saturated rings. The molecule has 2 saturated carbocycles. The molecule has 4 unspecified atom stereocenters. The van der Waals surface area contributed by atoms with Crippen molar-refractivity contribution in [1.82, 2.24) is 10.6 Å². The van der Waals surface area contributed by atoms with Crippen molar-refractivity contribution in [3.05, 3.63) is 0 Å². The van der Waals surface area contributed by atoms with Crippen molar-refractivity contribution >= 4 is 0 Å². The quantitative estimate of drug-likeness (QED) is 0.234. The number of unbranched alkanes of at least 4 members (excludes halogenated alkanes) is 1. The molecular formula is C30H60N2. The van der Waals surface area contributed by atoms with Crippen LogP contribution in [-0.4, -0.2) is 26.2 Å². The minimum Gasteiger partial charge on any atom is -0.316 e. The Bertz CT molecular complexity index is 437. The lowest BCUT2D eigenvalue weighted by Crippen LogP contribution is -2.39. The van der Waals surface area contributed by atoms with Crippen LogP contribution in [0.3, 0.4) is 0 Å². The standard InChI is InChI=1S/C30H60N2/c1-5-9-14-26(8-4)21-31-23-29-17-10-11-18-30(29)24-32-22-28-16-12-15-27(20-28)19-25(7-3)13-6-2/h25-32H,5-24H2,1-4H3/t25?,26-,27?,28+,29?,30?/m1/s1. The van der Waals surface area contributed by atoms with Gasteiger partial charge in [-0.25, -0.2) is 0 Å². The Morgan fingerprint density at radius 3 is 2.00 bits per heavy atom. The summed E-state index contributed by atoms with van der Waals surface area (Å²) in [4.78, 5) is 0. The third-order valence-corrected chi connectivity index (χ3v) is 9.12. The Morgan fingerprint density at radius 1 is 0.656 bits per heavy atom. The van der Waals surface area contributed by atoms with Gasteiger partial charge in [-0.15, -0.1) is 0 Å². The highest BCUT2D eigenvalue weighted by atomic mass is 14.9. The average Bonchev–Trinajstić information content (AvgIpc) is 2.82. The van der Waals surface area contributed by atoms with Gasteiger partial charge in [-0.05, 0) is 100 Å². The number of rotatable bonds is 17. The van der Waals surface area contributed by atoms with Gasteiger partial charge in [0.2, 0.25) is 0 Å². The van der Waals surface area contributed by atoms with Crippen molar-refractivity contribution in [2.75, 3.05) is 26.2 Å². The summed E-state index contributed by atoms with van der Waals surface area (Å²) >= 11 is 0. The molecule has 0 radical (unpaired) electrons. The highest BCUT2D eigenvalue weighted by molar-refractivity contribution is 4.81. The van der Waals surface area contributed by atoms with Gasteiger partial charge < -0.3 is 10.6 Å². The van der Waals surface area contributed by atoms with Gasteiger partial charge in [0.1, 0.15) is 0 Å². The minimum absolute atomic E-state index is 0.888. The maximum Gasteiger partial charge on any atom is -0.00173 e. The number of hydrogen-bond acceptors (Lipinski definition) is 2. The molecule has 0 aromatic carbocycles. The Hall–Kier alpha value is -0.0800. The van der Waals surface area contributed by atoms with Crippen molar-refractivity contribution in [3.8, 4) is 0 Å². The highest BCUT2D eigenvalue weighted by Gasteiger charge is 2.27. The third kappa shape index (κ3) is 10.9. The molecule has 0 aromatic heterocycles. The van der Waals surface area contributed by atoms with Gasteiger partial charge in [-0.3, -0.25) is 0 Å². The fourth-order valence-electron chi connectivity index (χ4n) is 6.88. The van der Waals surface area contributed by atoms with Crippen LogP contribution >= 0.6 is 0 Å². The number of hydrogen-bond donors (Lipinski definition) is 2. The van der Waals surface area contributed by atoms with Gasteiger partial charge in [-0.2, -0.15) is 0 Å². The maximum atomic E-state index is 3.98. The zero-order chi connectivity index (χ0) is 23.0. The lowest BCUT2D eigenvalue weighted by molar-refractivity contribution is 0.196. The molecule has 0 spiro atoms. The second-order valence-electron chi connectivity index (χ2n) is 11.7. The molecule has 0 bridgehead atoms. The first-order valence-corrected chi connectivity index (χ1v) is 15.1. The van der Waals surface area contributed by atoms with Crippen LogP contribution in [0.4, 0.5) is 0 Å². The Balaban J connectivity index is 1.67. The predicted octanol–water partition coefficient (Wildman–Crippen LogP) is 8.21. The topological polar surface area (TPSA) is 24.1 Å². The van der Waals surface area contributed by atoms with E-state index in [-0.39, 0.29) is 0 Å². The lowest BCUT2D eigenvalue weighted by Gasteiger charge is -2.34. The Kier molecular flexibility index (Phi) is 15.3. The fraction of sp³-hybridized carbons (Fsp3) is 1.00. The summed E-state index contributed by atoms with van der Waals surface area (Å²) in [6, 6.07) is 0. The zero-order valence-corrected chi connectivity index (χ0v) is 22.6. The van der Waals surface area contributed by atoms with Crippen LogP contribution in [0, 0.1) is 35.5 Å². The van der Waals surface area contributed by atoms with E-state index in [4.69, 9.17) is 0 Å². The molecule has 2 heteroatoms. The summed E-state index contributed by atoms with van der Waals surface area (Å²) in [5, 5.41) is 7.88. The molecule has 2 rings (SSSR count). The van der Waals surface area contributed by atoms with E-state index in [9.17, 15) is 0 Å². The van der Waals surface area contributed by atoms with Gasteiger partial charge in [0.05, 0.1) is 0 Å². The van der Waals surface area contributed by atoms with E-state index in [2.05, 4.69) is 38.3 Å². The smallest absolute Gasteiger partial charge is 0.00173 e. The van der Waals surface area contributed by atoms with Gasteiger partial charge >= 0.3 is 0 Å². The third-order valence-electron chi connectivity index (χ3n) is 9.12. The summed E-state index contributed by atoms with van der Waals surface area (Å²) in [6.45, 7) is 14.5. The van der Waals surface area contributed by atoms with Crippen LogP contribution in [0.25, 0.3) is 0 Å². The van der Waals surface area contributed by atoms with Crippen molar-refractivity contribution in [3.63, 3.8) is 0 Å². The van der Waals surface area contributed by atoms with Gasteiger partial charge in [-0.1, -0.05) is 91.9 Å². The van der Waals surface area contributed by atoms with Gasteiger partial charge in [0, 0.05) is 0 Å². The van der Waals surface area contributed by atoms with Crippen LogP contribution in [-0.2, 0) is 0 Å². The van der Waals surface area contributed by atoms with Crippen molar-refractivity contribution in [2.45, 2.75) is 130 Å². The van der Waals surface area contributed by atoms with Crippen LogP contribution < -0.4 is 10.6 Å². The van der Waals surface area contributed by atoms with E-state index < -0.39 is 0 Å². The zero-order valence-electron chi connectivity index (χ0n) is 22.6. The van der Waals surface area contributed by atoms with Crippen molar-refractivity contribution < 1.29 is 0 Å². The van der Waals surface area contributed by atoms with Crippen molar-refractivity contribution in [1.29, 1.82) is 0 Å². The first-order valence-electron chi connectivity index (χ1n) is 15.1. The first kappa shape index (κ1) is 28.2. The van der Waals surface area contributed by atoms with Crippen LogP contribution in [0.15, 0.2) is 0 Å². The lowest BCUT2D eigenvalue weighted by atomic mass is 9.76. The molecule has 6 atom stereocenters. The minimum atomic E-state index is 0.888. The highest BCUT2D eigenvalue weighted by Crippen LogP contribution is 2.35. The Morgan fingerprint density at radius 2 is 1.34 bits per heavy atom. The van der Waals surface area contributed by atoms with E-state index in [1.54, 1.807) is 0 Å². The van der Waals surface area contributed by atoms with Crippen LogP contribution in [0.1, 0.15) is 130 Å². The summed E-state index contributed by atoms with van der Waals surface area (Å²) in [5.74, 6) is 5.63. The van der Waals surface area contributed by atoms with E-state index >= 15 is 0 Å². The van der Waals surface area contributed by atoms with E-state index in [1.807, 2.05) is 0 Å². The molecule has 32 heavy (non-hydrogen) atoms. The van der Waals surface area contributed by atoms with E-state index in [0.29, 0.717) is 0 Å². The molecule has 2 nitrogen and oxygen atoms in total. The van der Waals surface area contributed by atoms with Crippen LogP contribution in [0.5, 0.6) is 0 Å². The molecule has 0 heterocycles. The summed E-state index contributed by atoms with van der Waals surface area (Å²) in [6.07, 6.45) is 23.0. The normalized spacial score (nSPS) is 28.5. The van der Waals surface area contributed by atoms with E-state index in [0.717, 1.165) is 35.5 Å². The maximum absolute atomic E-state index is 3.98. The molecule has 0 aromatic rings. The molecule has 0 saturated heterocycles. The summed E-state index contributed by atoms with van der Waals surface area (Å²) in [5.41, 5.74) is 0. The van der Waals surface area contributed by atoms with Gasteiger partial charge in [0.15, 0.2) is 0 Å². The predicted molar refractivity (Wildman–Crippen MR) is 143 cm³/mol. The molecule has 0 amide bonds. The van der Waals surface area contributed by atoms with Crippen LogP contribution in [0.2, 0.25) is 0 Å². The second-order valence-corrected chi connectivity index (χ2v) is 11.7. The van der Waals surface area contributed by atoms with Crippen molar-refractivity contribution in [2.24, 2.45) is 35.5 Å². The molecule has 2 aliphatic carbocycles. The largest absolute Gasteiger partial charge is 0.316 e. The molecular weight excluding hydrogens is 388 g/mol. The monoisotopic (exact) mass is 448 g/mol. The summed E-state index contributed by atoms with van der Waals surface area (Å²) < 4.78 is 0. The molecule has 2 N–H and O–H groups in total. The molecule has 190 valence electrons. The Labute approximate surface area is 202 Å². The second kappa shape index (κ2) is 17.4. The average molecular weight is 449 g/mol. The van der Waals surface area contributed by atoms with Gasteiger partial charge in [0.25, 0.3) is 0 Å².